The number of nitrogens with one attached hydrogen (secondary N) is 1. The van der Waals surface area contributed by atoms with Crippen LogP contribution in [0.2, 0.25) is 0 Å². The van der Waals surface area contributed by atoms with E-state index in [0.29, 0.717) is 6.54 Å². The normalized spacial score (nSPS) is 27.5. The van der Waals surface area contributed by atoms with Gasteiger partial charge in [0.1, 0.15) is 0 Å². The average Bonchev–Trinajstić information content (AvgIpc) is 2.38. The van der Waals surface area contributed by atoms with Crippen LogP contribution in [0.25, 0.3) is 0 Å². The van der Waals surface area contributed by atoms with Gasteiger partial charge in [-0.05, 0) is 12.8 Å². The second-order valence-electron chi connectivity index (χ2n) is 4.77. The molecule has 1 heterocycles. The van der Waals surface area contributed by atoms with E-state index in [1.807, 2.05) is 0 Å². The van der Waals surface area contributed by atoms with Crippen LogP contribution in [-0.2, 0) is 14.3 Å². The van der Waals surface area contributed by atoms with Crippen LogP contribution >= 0.6 is 0 Å². The maximum Gasteiger partial charge on any atom is 0.324 e. The zero-order valence-electron chi connectivity index (χ0n) is 10.5. The van der Waals surface area contributed by atoms with Gasteiger partial charge >= 0.3 is 12.0 Å². The Morgan fingerprint density at radius 2 is 2.11 bits per heavy atom. The molecule has 2 rings (SSSR count). The number of methoxy groups -OCH3 is 1. The number of carbonyl (C=O) groups is 3. The minimum Gasteiger partial charge on any atom is -0.469 e. The largest absolute Gasteiger partial charge is 0.469 e. The topological polar surface area (TPSA) is 75.7 Å². The molecule has 1 N–H and O–H groups in total. The van der Waals surface area contributed by atoms with Crippen molar-refractivity contribution in [3.05, 3.63) is 0 Å². The number of nitrogens with zero attached hydrogens (tertiary/aromatic N) is 1. The molecule has 1 saturated carbocycles. The van der Waals surface area contributed by atoms with E-state index < -0.39 is 0 Å². The predicted molar refractivity (Wildman–Crippen MR) is 62.6 cm³/mol. The SMILES string of the molecule is COC(=O)CCN1C(=O)NC(=O)C2CCCCC21. The van der Waals surface area contributed by atoms with E-state index in [9.17, 15) is 14.4 Å². The molecule has 0 aromatic rings. The van der Waals surface area contributed by atoms with Gasteiger partial charge in [-0.1, -0.05) is 12.8 Å². The van der Waals surface area contributed by atoms with Crippen LogP contribution in [0.4, 0.5) is 4.79 Å². The Bertz CT molecular complexity index is 369. The highest BCUT2D eigenvalue weighted by Gasteiger charge is 2.42. The van der Waals surface area contributed by atoms with E-state index in [0.717, 1.165) is 25.7 Å². The predicted octanol–water partition coefficient (Wildman–Crippen LogP) is 0.660. The molecule has 0 aromatic carbocycles. The Morgan fingerprint density at radius 1 is 1.39 bits per heavy atom. The van der Waals surface area contributed by atoms with Crippen molar-refractivity contribution in [2.75, 3.05) is 13.7 Å². The minimum atomic E-state index is -0.382. The summed E-state index contributed by atoms with van der Waals surface area (Å²) in [5.74, 6) is -0.625. The first-order valence-electron chi connectivity index (χ1n) is 6.31. The van der Waals surface area contributed by atoms with Crippen LogP contribution in [0.15, 0.2) is 0 Å². The molecule has 0 spiro atoms. The number of imide groups is 1. The number of fused-ring (bicyclic) bond motifs is 1. The van der Waals surface area contributed by atoms with Crippen LogP contribution in [0.5, 0.6) is 0 Å². The second-order valence-corrected chi connectivity index (χ2v) is 4.77. The van der Waals surface area contributed by atoms with Crippen molar-refractivity contribution >= 4 is 17.9 Å². The third kappa shape index (κ3) is 2.47. The van der Waals surface area contributed by atoms with Crippen molar-refractivity contribution in [3.63, 3.8) is 0 Å². The van der Waals surface area contributed by atoms with Gasteiger partial charge in [0.25, 0.3) is 0 Å². The Kier molecular flexibility index (Phi) is 3.84. The number of esters is 1. The van der Waals surface area contributed by atoms with Crippen LogP contribution in [-0.4, -0.2) is 42.5 Å². The van der Waals surface area contributed by atoms with Gasteiger partial charge < -0.3 is 9.64 Å². The first-order chi connectivity index (χ1) is 8.63. The number of urea groups is 1. The third-order valence-corrected chi connectivity index (χ3v) is 3.74. The van der Waals surface area contributed by atoms with Gasteiger partial charge in [-0.15, -0.1) is 0 Å². The quantitative estimate of drug-likeness (QED) is 0.751. The Hall–Kier alpha value is -1.59. The molecule has 0 aromatic heterocycles. The third-order valence-electron chi connectivity index (χ3n) is 3.74. The van der Waals surface area contributed by atoms with E-state index in [-0.39, 0.29) is 36.3 Å². The zero-order chi connectivity index (χ0) is 13.1. The lowest BCUT2D eigenvalue weighted by atomic mass is 9.81. The maximum absolute atomic E-state index is 11.8. The zero-order valence-corrected chi connectivity index (χ0v) is 10.5. The number of carbonyl (C=O) groups excluding carboxylic acids is 3. The fraction of sp³-hybridized carbons (Fsp3) is 0.750. The molecule has 1 aliphatic heterocycles. The summed E-state index contributed by atoms with van der Waals surface area (Å²) in [5.41, 5.74) is 0. The van der Waals surface area contributed by atoms with Crippen molar-refractivity contribution in [2.24, 2.45) is 5.92 Å². The Labute approximate surface area is 106 Å². The van der Waals surface area contributed by atoms with Crippen LogP contribution < -0.4 is 5.32 Å². The van der Waals surface area contributed by atoms with Gasteiger partial charge in [-0.3, -0.25) is 14.9 Å². The van der Waals surface area contributed by atoms with Crippen LogP contribution in [0.3, 0.4) is 0 Å². The lowest BCUT2D eigenvalue weighted by molar-refractivity contribution is -0.141. The molecule has 6 nitrogen and oxygen atoms in total. The van der Waals surface area contributed by atoms with E-state index in [1.165, 1.54) is 7.11 Å². The van der Waals surface area contributed by atoms with Gasteiger partial charge in [0.2, 0.25) is 5.91 Å². The monoisotopic (exact) mass is 254 g/mol. The van der Waals surface area contributed by atoms with Crippen molar-refractivity contribution in [1.29, 1.82) is 0 Å². The maximum atomic E-state index is 11.8. The molecule has 2 unspecified atom stereocenters. The molecule has 100 valence electrons. The van der Waals surface area contributed by atoms with Crippen molar-refractivity contribution < 1.29 is 19.1 Å². The Morgan fingerprint density at radius 3 is 2.83 bits per heavy atom. The molecular formula is C12H18N2O4. The fourth-order valence-electron chi connectivity index (χ4n) is 2.79. The summed E-state index contributed by atoms with van der Waals surface area (Å²) in [7, 11) is 1.32. The number of ether oxygens (including phenoxy) is 1. The van der Waals surface area contributed by atoms with Crippen molar-refractivity contribution in [1.82, 2.24) is 10.2 Å². The summed E-state index contributed by atoms with van der Waals surface area (Å²) in [6.07, 6.45) is 3.87. The van der Waals surface area contributed by atoms with Gasteiger partial charge in [-0.25, -0.2) is 4.79 Å². The summed E-state index contributed by atoms with van der Waals surface area (Å²) in [4.78, 5) is 36.3. The van der Waals surface area contributed by atoms with E-state index in [4.69, 9.17) is 0 Å². The molecule has 0 radical (unpaired) electrons. The van der Waals surface area contributed by atoms with E-state index in [2.05, 4.69) is 10.1 Å². The van der Waals surface area contributed by atoms with E-state index >= 15 is 0 Å². The van der Waals surface area contributed by atoms with Gasteiger partial charge in [0.05, 0.1) is 19.4 Å². The molecule has 3 amide bonds. The molecule has 18 heavy (non-hydrogen) atoms. The van der Waals surface area contributed by atoms with Gasteiger partial charge in [-0.2, -0.15) is 0 Å². The summed E-state index contributed by atoms with van der Waals surface area (Å²) < 4.78 is 4.57. The summed E-state index contributed by atoms with van der Waals surface area (Å²) in [5, 5.41) is 2.37. The lowest BCUT2D eigenvalue weighted by Gasteiger charge is -2.42. The lowest BCUT2D eigenvalue weighted by Crippen LogP contribution is -2.61. The molecule has 1 aliphatic carbocycles. The second kappa shape index (κ2) is 5.37. The molecule has 0 bridgehead atoms. The van der Waals surface area contributed by atoms with Crippen LogP contribution in [0.1, 0.15) is 32.1 Å². The minimum absolute atomic E-state index is 0.0512. The van der Waals surface area contributed by atoms with Crippen molar-refractivity contribution in [3.8, 4) is 0 Å². The highest BCUT2D eigenvalue weighted by Crippen LogP contribution is 2.31. The number of hydrogen-bond donors (Lipinski definition) is 1. The van der Waals surface area contributed by atoms with E-state index in [1.54, 1.807) is 4.90 Å². The molecular weight excluding hydrogens is 236 g/mol. The molecule has 2 fully saturated rings. The standard InChI is InChI=1S/C12H18N2O4/c1-18-10(15)6-7-14-9-5-3-2-4-8(9)11(16)13-12(14)17/h8-9H,2-7H2,1H3,(H,13,16,17). The number of amides is 3. The average molecular weight is 254 g/mol. The highest BCUT2D eigenvalue weighted by molar-refractivity contribution is 5.98. The molecule has 2 aliphatic rings. The van der Waals surface area contributed by atoms with Crippen molar-refractivity contribution in [2.45, 2.75) is 38.1 Å². The highest BCUT2D eigenvalue weighted by atomic mass is 16.5. The van der Waals surface area contributed by atoms with Gasteiger partial charge in [0, 0.05) is 12.6 Å². The Balaban J connectivity index is 2.04. The number of rotatable bonds is 3. The summed E-state index contributed by atoms with van der Waals surface area (Å²) in [6.45, 7) is 0.312. The van der Waals surface area contributed by atoms with Crippen LogP contribution in [0, 0.1) is 5.92 Å². The molecule has 6 heteroatoms. The first kappa shape index (κ1) is 12.9. The molecule has 2 atom stereocenters. The first-order valence-corrected chi connectivity index (χ1v) is 6.31. The molecule has 1 saturated heterocycles. The number of hydrogen-bond acceptors (Lipinski definition) is 4. The van der Waals surface area contributed by atoms with Gasteiger partial charge in [0.15, 0.2) is 0 Å². The summed E-state index contributed by atoms with van der Waals surface area (Å²) >= 11 is 0. The summed E-state index contributed by atoms with van der Waals surface area (Å²) in [6, 6.07) is -0.434. The fourth-order valence-corrected chi connectivity index (χ4v) is 2.79. The smallest absolute Gasteiger partial charge is 0.324 e.